The molecule has 0 aliphatic rings. The second-order valence-corrected chi connectivity index (χ2v) is 5.52. The number of carbonyl (C=O) groups excluding carboxylic acids is 1. The molecule has 1 unspecified atom stereocenters. The molecule has 0 aliphatic carbocycles. The van der Waals surface area contributed by atoms with E-state index in [1.807, 2.05) is 6.92 Å². The van der Waals surface area contributed by atoms with Crippen molar-refractivity contribution >= 4 is 17.7 Å². The molecule has 0 aliphatic heterocycles. The van der Waals surface area contributed by atoms with Crippen LogP contribution in [0.1, 0.15) is 18.9 Å². The average Bonchev–Trinajstić information content (AvgIpc) is 2.36. The number of thioether (sulfide) groups is 1. The van der Waals surface area contributed by atoms with Gasteiger partial charge in [-0.05, 0) is 17.7 Å². The smallest absolute Gasteiger partial charge is 0.469 e. The lowest BCUT2D eigenvalue weighted by Gasteiger charge is -2.11. The fourth-order valence-corrected chi connectivity index (χ4v) is 2.33. The van der Waals surface area contributed by atoms with Crippen LogP contribution in [-0.4, -0.2) is 24.7 Å². The van der Waals surface area contributed by atoms with Gasteiger partial charge in [0.2, 0.25) is 0 Å². The van der Waals surface area contributed by atoms with Gasteiger partial charge in [-0.3, -0.25) is 4.79 Å². The Morgan fingerprint density at radius 2 is 1.90 bits per heavy atom. The molecule has 0 spiro atoms. The first kappa shape index (κ1) is 16.7. The van der Waals surface area contributed by atoms with Crippen LogP contribution >= 0.6 is 11.8 Å². The molecule has 1 rings (SSSR count). The van der Waals surface area contributed by atoms with Crippen LogP contribution in [0.15, 0.2) is 24.3 Å². The fraction of sp³-hybridized carbons (Fsp3) is 0.462. The van der Waals surface area contributed by atoms with Crippen molar-refractivity contribution < 1.29 is 27.4 Å². The zero-order valence-corrected chi connectivity index (χ0v) is 11.9. The molecular weight excluding hydrogens is 293 g/mol. The molecule has 20 heavy (non-hydrogen) atoms. The number of halogens is 3. The number of benzene rings is 1. The number of alkyl halides is 3. The Balaban J connectivity index is 2.44. The molecule has 112 valence electrons. The second-order valence-electron chi connectivity index (χ2n) is 4.09. The number of hydrogen-bond acceptors (Lipinski definition) is 4. The highest BCUT2D eigenvalue weighted by molar-refractivity contribution is 7.99. The van der Waals surface area contributed by atoms with Gasteiger partial charge in [0.25, 0.3) is 0 Å². The van der Waals surface area contributed by atoms with E-state index >= 15 is 0 Å². The van der Waals surface area contributed by atoms with Crippen LogP contribution in [0.5, 0.6) is 5.75 Å². The molecule has 0 fully saturated rings. The molecule has 7 heteroatoms. The van der Waals surface area contributed by atoms with Crippen LogP contribution in [-0.2, 0) is 15.3 Å². The van der Waals surface area contributed by atoms with Crippen molar-refractivity contribution in [3.05, 3.63) is 29.8 Å². The minimum Gasteiger partial charge on any atom is -0.469 e. The molecule has 1 aromatic carbocycles. The maximum Gasteiger partial charge on any atom is 0.573 e. The summed E-state index contributed by atoms with van der Waals surface area (Å²) in [4.78, 5) is 11.1. The summed E-state index contributed by atoms with van der Waals surface area (Å²) in [5, 5.41) is 0.0774. The van der Waals surface area contributed by atoms with E-state index in [2.05, 4.69) is 9.47 Å². The Labute approximate surface area is 119 Å². The first-order chi connectivity index (χ1) is 9.30. The third-order valence-corrected chi connectivity index (χ3v) is 3.61. The van der Waals surface area contributed by atoms with E-state index in [0.29, 0.717) is 12.2 Å². The zero-order valence-electron chi connectivity index (χ0n) is 11.1. The first-order valence-corrected chi connectivity index (χ1v) is 6.88. The van der Waals surface area contributed by atoms with Crippen LogP contribution in [0.25, 0.3) is 0 Å². The summed E-state index contributed by atoms with van der Waals surface area (Å²) >= 11 is 1.53. The van der Waals surface area contributed by atoms with Crippen molar-refractivity contribution in [3.8, 4) is 5.75 Å². The van der Waals surface area contributed by atoms with Crippen LogP contribution in [0.2, 0.25) is 0 Å². The number of esters is 1. The van der Waals surface area contributed by atoms with Crippen LogP contribution in [0, 0.1) is 0 Å². The van der Waals surface area contributed by atoms with E-state index in [1.165, 1.54) is 31.0 Å². The van der Waals surface area contributed by atoms with Crippen LogP contribution in [0.4, 0.5) is 13.2 Å². The van der Waals surface area contributed by atoms with Gasteiger partial charge in [-0.25, -0.2) is 0 Å². The van der Waals surface area contributed by atoms with E-state index in [1.54, 1.807) is 12.1 Å². The molecular formula is C13H15F3O3S. The molecule has 1 atom stereocenters. The zero-order chi connectivity index (χ0) is 15.2. The predicted molar refractivity (Wildman–Crippen MR) is 70.5 cm³/mol. The summed E-state index contributed by atoms with van der Waals surface area (Å²) < 4.78 is 44.3. The van der Waals surface area contributed by atoms with E-state index < -0.39 is 6.36 Å². The second kappa shape index (κ2) is 7.42. The van der Waals surface area contributed by atoms with Crippen molar-refractivity contribution in [3.63, 3.8) is 0 Å². The molecule has 0 amide bonds. The quantitative estimate of drug-likeness (QED) is 0.749. The Bertz CT molecular complexity index is 431. The van der Waals surface area contributed by atoms with Crippen molar-refractivity contribution in [2.75, 3.05) is 7.11 Å². The van der Waals surface area contributed by atoms with E-state index in [-0.39, 0.29) is 17.0 Å². The van der Waals surface area contributed by atoms with Crippen molar-refractivity contribution in [2.45, 2.75) is 30.7 Å². The standard InChI is InChI=1S/C13H15F3O3S/c1-9(7-12(17)18-2)20-8-10-3-5-11(6-4-10)19-13(14,15)16/h3-6,9H,7-8H2,1-2H3. The Morgan fingerprint density at radius 1 is 1.30 bits per heavy atom. The van der Waals surface area contributed by atoms with Gasteiger partial charge in [-0.1, -0.05) is 19.1 Å². The lowest BCUT2D eigenvalue weighted by atomic mass is 10.2. The molecule has 0 bridgehead atoms. The monoisotopic (exact) mass is 308 g/mol. The summed E-state index contributed by atoms with van der Waals surface area (Å²) in [7, 11) is 1.33. The lowest BCUT2D eigenvalue weighted by molar-refractivity contribution is -0.274. The van der Waals surface area contributed by atoms with Gasteiger partial charge >= 0.3 is 12.3 Å². The third kappa shape index (κ3) is 6.70. The lowest BCUT2D eigenvalue weighted by Crippen LogP contribution is -2.17. The van der Waals surface area contributed by atoms with Gasteiger partial charge in [0.1, 0.15) is 5.75 Å². The van der Waals surface area contributed by atoms with Gasteiger partial charge in [0.15, 0.2) is 0 Å². The van der Waals surface area contributed by atoms with Crippen LogP contribution < -0.4 is 4.74 Å². The highest BCUT2D eigenvalue weighted by Gasteiger charge is 2.30. The highest BCUT2D eigenvalue weighted by atomic mass is 32.2. The highest BCUT2D eigenvalue weighted by Crippen LogP contribution is 2.25. The molecule has 3 nitrogen and oxygen atoms in total. The maximum absolute atomic E-state index is 12.0. The van der Waals surface area contributed by atoms with Crippen LogP contribution in [0.3, 0.4) is 0 Å². The van der Waals surface area contributed by atoms with Gasteiger partial charge < -0.3 is 9.47 Å². The van der Waals surface area contributed by atoms with E-state index in [0.717, 1.165) is 5.56 Å². The molecule has 0 radical (unpaired) electrons. The van der Waals surface area contributed by atoms with Gasteiger partial charge in [-0.15, -0.1) is 13.2 Å². The SMILES string of the molecule is COC(=O)CC(C)SCc1ccc(OC(F)(F)F)cc1. The number of rotatable bonds is 6. The summed E-state index contributed by atoms with van der Waals surface area (Å²) in [6.07, 6.45) is -4.37. The minimum absolute atomic E-state index is 0.0774. The molecule has 0 aromatic heterocycles. The van der Waals surface area contributed by atoms with Crippen molar-refractivity contribution in [1.82, 2.24) is 0 Å². The normalized spacial score (nSPS) is 12.8. The average molecular weight is 308 g/mol. The largest absolute Gasteiger partial charge is 0.573 e. The minimum atomic E-state index is -4.68. The van der Waals surface area contributed by atoms with E-state index in [4.69, 9.17) is 0 Å². The topological polar surface area (TPSA) is 35.5 Å². The summed E-state index contributed by atoms with van der Waals surface area (Å²) in [6, 6.07) is 5.68. The van der Waals surface area contributed by atoms with Gasteiger partial charge in [-0.2, -0.15) is 11.8 Å². The summed E-state index contributed by atoms with van der Waals surface area (Å²) in [5.41, 5.74) is 0.862. The Hall–Kier alpha value is -1.37. The summed E-state index contributed by atoms with van der Waals surface area (Å²) in [6.45, 7) is 1.89. The molecule has 0 N–H and O–H groups in total. The summed E-state index contributed by atoms with van der Waals surface area (Å²) in [5.74, 6) is 0.0811. The number of hydrogen-bond donors (Lipinski definition) is 0. The number of carbonyl (C=O) groups is 1. The fourth-order valence-electron chi connectivity index (χ4n) is 1.40. The molecule has 0 heterocycles. The van der Waals surface area contributed by atoms with E-state index in [9.17, 15) is 18.0 Å². The van der Waals surface area contributed by atoms with Gasteiger partial charge in [0, 0.05) is 11.0 Å². The Kier molecular flexibility index (Phi) is 6.19. The van der Waals surface area contributed by atoms with Crippen molar-refractivity contribution in [1.29, 1.82) is 0 Å². The molecule has 1 aromatic rings. The third-order valence-electron chi connectivity index (χ3n) is 2.37. The first-order valence-electron chi connectivity index (χ1n) is 5.83. The number of ether oxygens (including phenoxy) is 2. The Morgan fingerprint density at radius 3 is 2.40 bits per heavy atom. The number of methoxy groups -OCH3 is 1. The molecule has 0 saturated carbocycles. The maximum atomic E-state index is 12.0. The molecule has 0 saturated heterocycles. The van der Waals surface area contributed by atoms with Crippen molar-refractivity contribution in [2.24, 2.45) is 0 Å². The predicted octanol–water partition coefficient (Wildman–Crippen LogP) is 3.77. The van der Waals surface area contributed by atoms with Gasteiger partial charge in [0.05, 0.1) is 13.5 Å².